The average Bonchev–Trinajstić information content (AvgIpc) is 2.70. The number of amides is 2. The molecular weight excluding hydrogens is 390 g/mol. The fourth-order valence-electron chi connectivity index (χ4n) is 3.25. The molecule has 0 saturated carbocycles. The van der Waals surface area contributed by atoms with Crippen molar-refractivity contribution in [1.29, 1.82) is 0 Å². The topological polar surface area (TPSA) is 90.5 Å². The second-order valence-corrected chi connectivity index (χ2v) is 7.00. The van der Waals surface area contributed by atoms with Crippen LogP contribution in [-0.2, 0) is 11.2 Å². The number of rotatable bonds is 0. The van der Waals surface area contributed by atoms with E-state index in [0.717, 1.165) is 37.1 Å². The Balaban J connectivity index is 0.00000300. The first-order valence-corrected chi connectivity index (χ1v) is 9.81. The van der Waals surface area contributed by atoms with Crippen molar-refractivity contribution in [2.24, 2.45) is 0 Å². The number of carbonyl (C=O) groups excluding carboxylic acids is 2. The quantitative estimate of drug-likeness (QED) is 0.530. The van der Waals surface area contributed by atoms with Gasteiger partial charge in [-0.15, -0.1) is 12.4 Å². The summed E-state index contributed by atoms with van der Waals surface area (Å²) in [5.74, 6) is 0.103. The van der Waals surface area contributed by atoms with Gasteiger partial charge in [-0.2, -0.15) is 0 Å². The lowest BCUT2D eigenvalue weighted by atomic mass is 9.98. The number of benzene rings is 2. The molecule has 4 bridgehead atoms. The van der Waals surface area contributed by atoms with Crippen LogP contribution < -0.4 is 16.0 Å². The number of aromatic hydroxyl groups is 1. The molecule has 0 radical (unpaired) electrons. The van der Waals surface area contributed by atoms with Gasteiger partial charge < -0.3 is 21.1 Å². The maximum Gasteiger partial charge on any atom is 0.251 e. The molecule has 0 aromatic heterocycles. The van der Waals surface area contributed by atoms with Gasteiger partial charge in [-0.1, -0.05) is 18.2 Å². The van der Waals surface area contributed by atoms with Crippen molar-refractivity contribution in [3.8, 4) is 16.9 Å². The monoisotopic (exact) mass is 417 g/mol. The normalized spacial score (nSPS) is 16.3. The first kappa shape index (κ1) is 22.7. The molecule has 2 aromatic carbocycles. The maximum absolute atomic E-state index is 12.4. The Hall–Kier alpha value is -2.57. The molecule has 2 aromatic rings. The Bertz CT molecular complexity index is 842. The van der Waals surface area contributed by atoms with Crippen molar-refractivity contribution >= 4 is 24.2 Å². The Labute approximate surface area is 177 Å². The van der Waals surface area contributed by atoms with Gasteiger partial charge in [0, 0.05) is 30.6 Å². The molecule has 2 amide bonds. The van der Waals surface area contributed by atoms with Gasteiger partial charge in [-0.3, -0.25) is 9.59 Å². The fourth-order valence-corrected chi connectivity index (χ4v) is 3.25. The fraction of sp³-hybridized carbons (Fsp3) is 0.364. The third kappa shape index (κ3) is 6.76. The van der Waals surface area contributed by atoms with Crippen LogP contribution in [0.3, 0.4) is 0 Å². The largest absolute Gasteiger partial charge is 0.507 e. The maximum atomic E-state index is 12.4. The van der Waals surface area contributed by atoms with Crippen LogP contribution in [0, 0.1) is 0 Å². The van der Waals surface area contributed by atoms with Crippen LogP contribution in [0.5, 0.6) is 5.75 Å². The SMILES string of the molecule is Cl.O=C1CCCNCCCNC(=O)c2cccc(c2)-c2cc(ccc2O)CCN1. The van der Waals surface area contributed by atoms with E-state index in [4.69, 9.17) is 0 Å². The van der Waals surface area contributed by atoms with E-state index in [1.807, 2.05) is 24.3 Å². The molecule has 1 aliphatic rings. The van der Waals surface area contributed by atoms with E-state index in [-0.39, 0.29) is 30.0 Å². The molecule has 1 heterocycles. The summed E-state index contributed by atoms with van der Waals surface area (Å²) in [5.41, 5.74) is 3.05. The minimum Gasteiger partial charge on any atom is -0.507 e. The highest BCUT2D eigenvalue weighted by Gasteiger charge is 2.11. The number of halogens is 1. The number of nitrogens with one attached hydrogen (secondary N) is 3. The van der Waals surface area contributed by atoms with E-state index >= 15 is 0 Å². The predicted molar refractivity (Wildman–Crippen MR) is 117 cm³/mol. The van der Waals surface area contributed by atoms with E-state index in [1.165, 1.54) is 0 Å². The molecule has 1 aliphatic heterocycles. The van der Waals surface area contributed by atoms with Gasteiger partial charge >= 0.3 is 0 Å². The van der Waals surface area contributed by atoms with Crippen LogP contribution in [0.4, 0.5) is 0 Å². The lowest BCUT2D eigenvalue weighted by Gasteiger charge is -2.11. The van der Waals surface area contributed by atoms with Crippen molar-refractivity contribution in [1.82, 2.24) is 16.0 Å². The van der Waals surface area contributed by atoms with Crippen LogP contribution >= 0.6 is 12.4 Å². The van der Waals surface area contributed by atoms with E-state index in [9.17, 15) is 14.7 Å². The zero-order valence-electron chi connectivity index (χ0n) is 16.4. The molecule has 0 spiro atoms. The summed E-state index contributed by atoms with van der Waals surface area (Å²) < 4.78 is 0. The molecule has 0 fully saturated rings. The molecule has 0 aliphatic carbocycles. The van der Waals surface area contributed by atoms with Crippen molar-refractivity contribution in [2.45, 2.75) is 25.7 Å². The van der Waals surface area contributed by atoms with Crippen LogP contribution in [0.1, 0.15) is 35.2 Å². The minimum atomic E-state index is -0.120. The summed E-state index contributed by atoms with van der Waals surface area (Å²) in [6, 6.07) is 12.7. The van der Waals surface area contributed by atoms with Crippen molar-refractivity contribution in [3.63, 3.8) is 0 Å². The Kier molecular flexibility index (Phi) is 8.96. The number of hydrogen-bond acceptors (Lipinski definition) is 4. The lowest BCUT2D eigenvalue weighted by Crippen LogP contribution is -2.28. The van der Waals surface area contributed by atoms with Gasteiger partial charge in [0.2, 0.25) is 5.91 Å². The van der Waals surface area contributed by atoms with Crippen molar-refractivity contribution in [3.05, 3.63) is 53.6 Å². The number of fused-ring (bicyclic) bond motifs is 5. The Morgan fingerprint density at radius 1 is 0.793 bits per heavy atom. The lowest BCUT2D eigenvalue weighted by molar-refractivity contribution is -0.121. The smallest absolute Gasteiger partial charge is 0.251 e. The number of carbonyl (C=O) groups is 2. The summed E-state index contributed by atoms with van der Waals surface area (Å²) in [4.78, 5) is 24.3. The Morgan fingerprint density at radius 2 is 1.59 bits per heavy atom. The van der Waals surface area contributed by atoms with Crippen LogP contribution in [-0.4, -0.2) is 43.1 Å². The molecule has 0 unspecified atom stereocenters. The first-order chi connectivity index (χ1) is 13.6. The molecular formula is C22H28ClN3O3. The van der Waals surface area contributed by atoms with Crippen molar-refractivity contribution in [2.75, 3.05) is 26.2 Å². The molecule has 156 valence electrons. The summed E-state index contributed by atoms with van der Waals surface area (Å²) in [6.07, 6.45) is 2.78. The molecule has 0 atom stereocenters. The van der Waals surface area contributed by atoms with Gasteiger partial charge in [-0.25, -0.2) is 0 Å². The standard InChI is InChI=1S/C22H27N3O3.ClH/c26-20-8-7-16-9-13-24-21(27)6-2-10-23-11-3-12-25-22(28)18-5-1-4-17(15-18)19(20)14-16;/h1,4-5,7-8,14-15,23,26H,2-3,6,9-13H2,(H,24,27)(H,25,28);1H. The zero-order valence-corrected chi connectivity index (χ0v) is 17.2. The van der Waals surface area contributed by atoms with E-state index in [2.05, 4.69) is 16.0 Å². The molecule has 3 rings (SSSR count). The van der Waals surface area contributed by atoms with Gasteiger partial charge in [0.05, 0.1) is 0 Å². The van der Waals surface area contributed by atoms with E-state index in [0.29, 0.717) is 37.1 Å². The average molecular weight is 418 g/mol. The van der Waals surface area contributed by atoms with Gasteiger partial charge in [0.15, 0.2) is 0 Å². The molecule has 6 nitrogen and oxygen atoms in total. The third-order valence-corrected chi connectivity index (χ3v) is 4.81. The van der Waals surface area contributed by atoms with E-state index < -0.39 is 0 Å². The minimum absolute atomic E-state index is 0. The third-order valence-electron chi connectivity index (χ3n) is 4.81. The van der Waals surface area contributed by atoms with Gasteiger partial charge in [-0.05, 0) is 67.7 Å². The molecule has 7 heteroatoms. The predicted octanol–water partition coefficient (Wildman–Crippen LogP) is 2.64. The van der Waals surface area contributed by atoms with E-state index in [1.54, 1.807) is 18.2 Å². The first-order valence-electron chi connectivity index (χ1n) is 9.81. The molecule has 29 heavy (non-hydrogen) atoms. The summed E-state index contributed by atoms with van der Waals surface area (Å²) in [6.45, 7) is 2.71. The number of hydrogen-bond donors (Lipinski definition) is 4. The highest BCUT2D eigenvalue weighted by atomic mass is 35.5. The van der Waals surface area contributed by atoms with Crippen LogP contribution in [0.25, 0.3) is 11.1 Å². The van der Waals surface area contributed by atoms with Gasteiger partial charge in [0.1, 0.15) is 5.75 Å². The Morgan fingerprint density at radius 3 is 2.45 bits per heavy atom. The number of phenols is 1. The number of phenolic OH excluding ortho intramolecular Hbond substituents is 1. The molecule has 0 saturated heterocycles. The summed E-state index contributed by atoms with van der Waals surface area (Å²) in [7, 11) is 0. The highest BCUT2D eigenvalue weighted by Crippen LogP contribution is 2.30. The van der Waals surface area contributed by atoms with Gasteiger partial charge in [0.25, 0.3) is 5.91 Å². The highest BCUT2D eigenvalue weighted by molar-refractivity contribution is 5.95. The molecule has 4 N–H and O–H groups in total. The van der Waals surface area contributed by atoms with Crippen molar-refractivity contribution < 1.29 is 14.7 Å². The second-order valence-electron chi connectivity index (χ2n) is 7.00. The van der Waals surface area contributed by atoms with Crippen LogP contribution in [0.15, 0.2) is 42.5 Å². The summed E-state index contributed by atoms with van der Waals surface area (Å²) in [5, 5.41) is 19.5. The second kappa shape index (κ2) is 11.4. The zero-order chi connectivity index (χ0) is 19.8. The van der Waals surface area contributed by atoms with Crippen LogP contribution in [0.2, 0.25) is 0 Å². The summed E-state index contributed by atoms with van der Waals surface area (Å²) >= 11 is 0.